The smallest absolute Gasteiger partial charge is 0.175 e. The fraction of sp³-hybridized carbons (Fsp3) is 0.268. The van der Waals surface area contributed by atoms with Crippen LogP contribution in [0.3, 0.4) is 0 Å². The van der Waals surface area contributed by atoms with Gasteiger partial charge in [-0.3, -0.25) is 9.80 Å². The summed E-state index contributed by atoms with van der Waals surface area (Å²) in [7, 11) is -3.27. The van der Waals surface area contributed by atoms with E-state index < -0.39 is 9.84 Å². The van der Waals surface area contributed by atoms with Crippen molar-refractivity contribution in [2.24, 2.45) is 0 Å². The Hall–Kier alpha value is -4.75. The van der Waals surface area contributed by atoms with E-state index in [0.717, 1.165) is 51.0 Å². The second kappa shape index (κ2) is 15.3. The first-order valence-electron chi connectivity index (χ1n) is 18.0. The van der Waals surface area contributed by atoms with E-state index in [9.17, 15) is 8.42 Å². The first-order chi connectivity index (χ1) is 25.8. The van der Waals surface area contributed by atoms with Crippen LogP contribution in [0.4, 0.5) is 0 Å². The Morgan fingerprint density at radius 3 is 1.66 bits per heavy atom. The van der Waals surface area contributed by atoms with E-state index in [1.54, 1.807) is 39.6 Å². The van der Waals surface area contributed by atoms with Gasteiger partial charge in [0.05, 0.1) is 21.8 Å². The third-order valence-corrected chi connectivity index (χ3v) is 11.7. The number of sulfone groups is 1. The summed E-state index contributed by atoms with van der Waals surface area (Å²) in [5, 5.41) is 8.75. The first kappa shape index (κ1) is 35.3. The number of hydrogen-bond donors (Lipinski definition) is 0. The van der Waals surface area contributed by atoms with Crippen molar-refractivity contribution in [1.29, 1.82) is 0 Å². The third-order valence-electron chi connectivity index (χ3n) is 10.0. The van der Waals surface area contributed by atoms with Crippen molar-refractivity contribution in [3.05, 3.63) is 126 Å². The molecule has 0 unspecified atom stereocenters. The second-order valence-electron chi connectivity index (χ2n) is 13.9. The van der Waals surface area contributed by atoms with Crippen LogP contribution in [0.15, 0.2) is 119 Å². The van der Waals surface area contributed by atoms with Crippen molar-refractivity contribution in [2.75, 3.05) is 32.4 Å². The highest BCUT2D eigenvalue weighted by Crippen LogP contribution is 2.28. The van der Waals surface area contributed by atoms with Crippen LogP contribution in [-0.4, -0.2) is 79.8 Å². The number of rotatable bonds is 8. The molecule has 270 valence electrons. The van der Waals surface area contributed by atoms with Gasteiger partial charge in [0.25, 0.3) is 0 Å². The van der Waals surface area contributed by atoms with Crippen LogP contribution in [0.25, 0.3) is 44.7 Å². The van der Waals surface area contributed by atoms with Gasteiger partial charge in [0.2, 0.25) is 0 Å². The van der Waals surface area contributed by atoms with E-state index in [1.165, 1.54) is 74.8 Å². The molecule has 0 amide bonds. The highest BCUT2D eigenvalue weighted by atomic mass is 79.9. The lowest BCUT2D eigenvalue weighted by Gasteiger charge is -2.14. The number of halogens is 1. The first-order valence-corrected chi connectivity index (χ1v) is 20.7. The molecule has 0 bridgehead atoms. The lowest BCUT2D eigenvalue weighted by molar-refractivity contribution is 0.331. The Labute approximate surface area is 318 Å². The lowest BCUT2D eigenvalue weighted by atomic mass is 10.1. The predicted molar refractivity (Wildman–Crippen MR) is 212 cm³/mol. The molecule has 0 atom stereocenters. The maximum atomic E-state index is 11.9. The summed E-state index contributed by atoms with van der Waals surface area (Å²) in [6.45, 7) is 6.91. The van der Waals surface area contributed by atoms with Gasteiger partial charge in [0, 0.05) is 60.8 Å². The average Bonchev–Trinajstić information content (AvgIpc) is 4.01. The summed E-state index contributed by atoms with van der Waals surface area (Å²) in [6.07, 6.45) is 17.7. The minimum atomic E-state index is -3.27. The Morgan fingerprint density at radius 1 is 0.604 bits per heavy atom. The molecule has 0 spiro atoms. The van der Waals surface area contributed by atoms with Gasteiger partial charge >= 0.3 is 0 Å². The van der Waals surface area contributed by atoms with E-state index in [4.69, 9.17) is 0 Å². The summed E-state index contributed by atoms with van der Waals surface area (Å²) in [4.78, 5) is 14.4. The van der Waals surface area contributed by atoms with Gasteiger partial charge in [0.1, 0.15) is 0 Å². The Bertz CT molecular complexity index is 2470. The van der Waals surface area contributed by atoms with Gasteiger partial charge in [-0.05, 0) is 108 Å². The molecular weight excluding hydrogens is 748 g/mol. The molecule has 0 N–H and O–H groups in total. The van der Waals surface area contributed by atoms with Crippen LogP contribution in [0.5, 0.6) is 0 Å². The molecule has 9 rings (SSSR count). The van der Waals surface area contributed by atoms with Crippen molar-refractivity contribution >= 4 is 37.1 Å². The van der Waals surface area contributed by atoms with Crippen LogP contribution < -0.4 is 0 Å². The molecule has 0 aliphatic carbocycles. The molecule has 3 aromatic carbocycles. The van der Waals surface area contributed by atoms with Gasteiger partial charge in [-0.1, -0.05) is 60.7 Å². The number of fused-ring (bicyclic) bond motifs is 2. The molecule has 0 radical (unpaired) electrons. The number of aromatic nitrogens is 6. The average molecular weight is 790 g/mol. The monoisotopic (exact) mass is 788 g/mol. The van der Waals surface area contributed by atoms with Crippen molar-refractivity contribution in [1.82, 2.24) is 39.0 Å². The van der Waals surface area contributed by atoms with Gasteiger partial charge in [-0.15, -0.1) is 0 Å². The maximum absolute atomic E-state index is 11.9. The summed E-state index contributed by atoms with van der Waals surface area (Å²) >= 11 is 3.45. The molecule has 2 aliphatic heterocycles. The summed E-state index contributed by atoms with van der Waals surface area (Å²) in [5.74, 6) is 0. The summed E-state index contributed by atoms with van der Waals surface area (Å²) in [6, 6.07) is 24.3. The minimum Gasteiger partial charge on any atom is -0.299 e. The second-order valence-corrected chi connectivity index (χ2v) is 16.8. The quantitative estimate of drug-likeness (QED) is 0.154. The Balaban J connectivity index is 0.000000160. The standard InChI is InChI=1S/C24H24N4O2S.C17H17BrN4/c1-31(29,30)22-6-4-5-20(13-22)23-15-26-28-17-21(14-25-24(23)28)19-9-7-18(8-10-19)16-27-11-2-3-12-27;18-16-10-20-22-12-15(9-19-17(16)22)14-5-3-13(4-6-14)11-21-7-1-2-8-21/h4-10,13-15,17H,2-3,11-12,16H2,1H3;3-6,9-10,12H,1-2,7-8,11H2. The summed E-state index contributed by atoms with van der Waals surface area (Å²) in [5.41, 5.74) is 10.2. The molecule has 0 saturated carbocycles. The van der Waals surface area contributed by atoms with Gasteiger partial charge in [-0.2, -0.15) is 10.2 Å². The molecule has 2 aliphatic rings. The number of hydrogen-bond acceptors (Lipinski definition) is 8. The largest absolute Gasteiger partial charge is 0.299 e. The summed E-state index contributed by atoms with van der Waals surface area (Å²) < 4.78 is 28.3. The van der Waals surface area contributed by atoms with Crippen molar-refractivity contribution in [3.63, 3.8) is 0 Å². The zero-order valence-electron chi connectivity index (χ0n) is 29.6. The van der Waals surface area contributed by atoms with Gasteiger partial charge < -0.3 is 0 Å². The van der Waals surface area contributed by atoms with E-state index in [1.807, 2.05) is 30.9 Å². The minimum absolute atomic E-state index is 0.287. The van der Waals surface area contributed by atoms with E-state index in [0.29, 0.717) is 5.65 Å². The van der Waals surface area contributed by atoms with Crippen LogP contribution in [-0.2, 0) is 22.9 Å². The highest BCUT2D eigenvalue weighted by Gasteiger charge is 2.15. The van der Waals surface area contributed by atoms with Crippen molar-refractivity contribution in [3.8, 4) is 33.4 Å². The highest BCUT2D eigenvalue weighted by molar-refractivity contribution is 9.10. The molecule has 6 heterocycles. The number of nitrogens with zero attached hydrogens (tertiary/aromatic N) is 8. The van der Waals surface area contributed by atoms with Crippen LogP contribution in [0.1, 0.15) is 36.8 Å². The van der Waals surface area contributed by atoms with Crippen LogP contribution in [0, 0.1) is 0 Å². The van der Waals surface area contributed by atoms with E-state index in [2.05, 4.69) is 94.4 Å². The molecule has 12 heteroatoms. The van der Waals surface area contributed by atoms with Gasteiger partial charge in [-0.25, -0.2) is 27.4 Å². The predicted octanol–water partition coefficient (Wildman–Crippen LogP) is 7.82. The molecule has 53 heavy (non-hydrogen) atoms. The van der Waals surface area contributed by atoms with Gasteiger partial charge in [0.15, 0.2) is 21.1 Å². The van der Waals surface area contributed by atoms with Crippen molar-refractivity contribution < 1.29 is 8.42 Å². The van der Waals surface area contributed by atoms with E-state index in [-0.39, 0.29) is 4.90 Å². The normalized spacial score (nSPS) is 15.3. The zero-order chi connectivity index (χ0) is 36.4. The zero-order valence-corrected chi connectivity index (χ0v) is 32.0. The molecule has 4 aromatic heterocycles. The molecule has 7 aromatic rings. The number of likely N-dealkylation sites (tertiary alicyclic amines) is 2. The lowest BCUT2D eigenvalue weighted by Crippen LogP contribution is -2.18. The molecule has 2 saturated heterocycles. The number of benzene rings is 3. The fourth-order valence-corrected chi connectivity index (χ4v) is 8.16. The Morgan fingerprint density at radius 2 is 1.11 bits per heavy atom. The SMILES string of the molecule is Brc1cnn2cc(-c3ccc(CN4CCCC4)cc3)cnc12.CS(=O)(=O)c1cccc(-c2cnn3cc(-c4ccc(CN5CCCC5)cc4)cnc23)c1. The maximum Gasteiger partial charge on any atom is 0.175 e. The van der Waals surface area contributed by atoms with Crippen molar-refractivity contribution in [2.45, 2.75) is 43.7 Å². The molecule has 2 fully saturated rings. The fourth-order valence-electron chi connectivity index (χ4n) is 7.12. The topological polar surface area (TPSA) is 101 Å². The third kappa shape index (κ3) is 8.11. The molecule has 10 nitrogen and oxygen atoms in total. The Kier molecular flexibility index (Phi) is 10.2. The molecular formula is C41H41BrN8O2S. The van der Waals surface area contributed by atoms with Crippen LogP contribution >= 0.6 is 15.9 Å². The van der Waals surface area contributed by atoms with Crippen LogP contribution in [0.2, 0.25) is 0 Å². The van der Waals surface area contributed by atoms with E-state index >= 15 is 0 Å².